The standard InChI is InChI=1S/C14H18O5/c15-13-3-1-2-4-14(16)18-10-8-12-6-5-11(19-12)7-9-17-13/h5-6H,1-4,7-10H2. The minimum atomic E-state index is -0.227. The second-order valence-electron chi connectivity index (χ2n) is 4.52. The third-order valence-corrected chi connectivity index (χ3v) is 2.95. The number of cyclic esters (lactones) is 2. The van der Waals surface area contributed by atoms with Crippen LogP contribution in [0, 0.1) is 0 Å². The molecule has 104 valence electrons. The molecule has 5 nitrogen and oxygen atoms in total. The maximum atomic E-state index is 11.4. The van der Waals surface area contributed by atoms with Crippen LogP contribution in [0.4, 0.5) is 0 Å². The Morgan fingerprint density at radius 2 is 1.21 bits per heavy atom. The Labute approximate surface area is 111 Å². The number of fused-ring (bicyclic) bond motifs is 2. The first-order chi connectivity index (χ1) is 9.24. The zero-order valence-electron chi connectivity index (χ0n) is 10.9. The van der Waals surface area contributed by atoms with Crippen molar-refractivity contribution in [2.24, 2.45) is 0 Å². The number of hydrogen-bond donors (Lipinski definition) is 0. The van der Waals surface area contributed by atoms with Crippen molar-refractivity contribution in [3.05, 3.63) is 23.7 Å². The molecule has 2 rings (SSSR count). The fraction of sp³-hybridized carbons (Fsp3) is 0.571. The number of ether oxygens (including phenoxy) is 2. The first kappa shape index (κ1) is 13.6. The minimum absolute atomic E-state index is 0.227. The summed E-state index contributed by atoms with van der Waals surface area (Å²) in [5, 5.41) is 0. The molecule has 0 saturated carbocycles. The lowest BCUT2D eigenvalue weighted by atomic mass is 10.2. The molecule has 2 bridgehead atoms. The summed E-state index contributed by atoms with van der Waals surface area (Å²) in [6.07, 6.45) is 3.14. The molecule has 0 amide bonds. The number of rotatable bonds is 0. The average Bonchev–Trinajstić information content (AvgIpc) is 2.81. The molecule has 1 aromatic rings. The highest BCUT2D eigenvalue weighted by molar-refractivity contribution is 5.70. The molecule has 0 fully saturated rings. The molecule has 2 heterocycles. The van der Waals surface area contributed by atoms with Crippen LogP contribution in [0.3, 0.4) is 0 Å². The first-order valence-electron chi connectivity index (χ1n) is 6.63. The average molecular weight is 266 g/mol. The smallest absolute Gasteiger partial charge is 0.305 e. The highest BCUT2D eigenvalue weighted by Crippen LogP contribution is 2.11. The van der Waals surface area contributed by atoms with Crippen LogP contribution in [0.25, 0.3) is 0 Å². The largest absolute Gasteiger partial charge is 0.466 e. The summed E-state index contributed by atoms with van der Waals surface area (Å²) < 4.78 is 15.7. The highest BCUT2D eigenvalue weighted by Gasteiger charge is 2.09. The summed E-state index contributed by atoms with van der Waals surface area (Å²) in [5.41, 5.74) is 0. The minimum Gasteiger partial charge on any atom is -0.466 e. The van der Waals surface area contributed by atoms with Gasteiger partial charge in [0.1, 0.15) is 11.5 Å². The fourth-order valence-corrected chi connectivity index (χ4v) is 1.90. The van der Waals surface area contributed by atoms with E-state index >= 15 is 0 Å². The molecular weight excluding hydrogens is 248 g/mol. The summed E-state index contributed by atoms with van der Waals surface area (Å²) in [6, 6.07) is 3.72. The number of hydrogen-bond acceptors (Lipinski definition) is 5. The van der Waals surface area contributed by atoms with Crippen molar-refractivity contribution in [1.82, 2.24) is 0 Å². The number of esters is 2. The molecule has 0 aliphatic carbocycles. The van der Waals surface area contributed by atoms with E-state index in [1.54, 1.807) is 0 Å². The molecule has 5 heteroatoms. The Hall–Kier alpha value is -1.78. The summed E-state index contributed by atoms with van der Waals surface area (Å²) in [6.45, 7) is 0.669. The first-order valence-corrected chi connectivity index (χ1v) is 6.63. The number of carbonyl (C=O) groups excluding carboxylic acids is 2. The summed E-state index contributed by atoms with van der Waals surface area (Å²) >= 11 is 0. The predicted octanol–water partition coefficient (Wildman–Crippen LogP) is 2.02. The van der Waals surface area contributed by atoms with Crippen molar-refractivity contribution in [3.63, 3.8) is 0 Å². The van der Waals surface area contributed by atoms with Gasteiger partial charge in [-0.05, 0) is 25.0 Å². The Balaban J connectivity index is 1.92. The van der Waals surface area contributed by atoms with Crippen LogP contribution in [0.15, 0.2) is 16.5 Å². The van der Waals surface area contributed by atoms with Gasteiger partial charge >= 0.3 is 11.9 Å². The predicted molar refractivity (Wildman–Crippen MR) is 66.5 cm³/mol. The molecular formula is C14H18O5. The number of carbonyl (C=O) groups is 2. The lowest BCUT2D eigenvalue weighted by Crippen LogP contribution is -2.09. The molecule has 0 N–H and O–H groups in total. The van der Waals surface area contributed by atoms with Crippen molar-refractivity contribution < 1.29 is 23.5 Å². The quantitative estimate of drug-likeness (QED) is 0.672. The van der Waals surface area contributed by atoms with Crippen LogP contribution < -0.4 is 0 Å². The lowest BCUT2D eigenvalue weighted by Gasteiger charge is -2.04. The van der Waals surface area contributed by atoms with Crippen LogP contribution in [-0.2, 0) is 31.9 Å². The van der Waals surface area contributed by atoms with Gasteiger partial charge in [0.15, 0.2) is 0 Å². The van der Waals surface area contributed by atoms with E-state index < -0.39 is 0 Å². The van der Waals surface area contributed by atoms with Gasteiger partial charge in [-0.1, -0.05) is 0 Å². The Morgan fingerprint density at radius 1 is 0.737 bits per heavy atom. The van der Waals surface area contributed by atoms with Crippen LogP contribution in [-0.4, -0.2) is 25.2 Å². The summed E-state index contributed by atoms with van der Waals surface area (Å²) in [5.74, 6) is 1.11. The van der Waals surface area contributed by atoms with E-state index in [4.69, 9.17) is 13.9 Å². The van der Waals surface area contributed by atoms with Crippen LogP contribution in [0.5, 0.6) is 0 Å². The van der Waals surface area contributed by atoms with Gasteiger partial charge in [-0.2, -0.15) is 0 Å². The molecule has 1 aromatic heterocycles. The highest BCUT2D eigenvalue weighted by atomic mass is 16.5. The van der Waals surface area contributed by atoms with E-state index in [-0.39, 0.29) is 11.9 Å². The molecule has 0 radical (unpaired) electrons. The van der Waals surface area contributed by atoms with Gasteiger partial charge in [-0.25, -0.2) is 0 Å². The third kappa shape index (κ3) is 4.77. The Morgan fingerprint density at radius 3 is 1.68 bits per heavy atom. The van der Waals surface area contributed by atoms with E-state index in [9.17, 15) is 9.59 Å². The molecule has 0 atom stereocenters. The maximum Gasteiger partial charge on any atom is 0.305 e. The van der Waals surface area contributed by atoms with E-state index in [0.29, 0.717) is 51.7 Å². The number of furan rings is 1. The SMILES string of the molecule is O=C1CCCCC(=O)OCCc2ccc(o2)CCO1. The van der Waals surface area contributed by atoms with Crippen molar-refractivity contribution in [2.45, 2.75) is 38.5 Å². The molecule has 0 aromatic carbocycles. The topological polar surface area (TPSA) is 65.7 Å². The van der Waals surface area contributed by atoms with Crippen LogP contribution in [0.2, 0.25) is 0 Å². The molecule has 1 aliphatic heterocycles. The zero-order valence-corrected chi connectivity index (χ0v) is 10.9. The van der Waals surface area contributed by atoms with Crippen LogP contribution >= 0.6 is 0 Å². The van der Waals surface area contributed by atoms with Gasteiger partial charge in [0.25, 0.3) is 0 Å². The third-order valence-electron chi connectivity index (χ3n) is 2.95. The Bertz CT molecular complexity index is 396. The van der Waals surface area contributed by atoms with E-state index in [1.165, 1.54) is 0 Å². The zero-order chi connectivity index (χ0) is 13.5. The van der Waals surface area contributed by atoms with Gasteiger partial charge in [0.05, 0.1) is 13.2 Å². The van der Waals surface area contributed by atoms with Crippen molar-refractivity contribution in [3.8, 4) is 0 Å². The fourth-order valence-electron chi connectivity index (χ4n) is 1.90. The second-order valence-corrected chi connectivity index (χ2v) is 4.52. The second kappa shape index (κ2) is 6.97. The van der Waals surface area contributed by atoms with E-state index in [0.717, 1.165) is 11.5 Å². The van der Waals surface area contributed by atoms with Crippen molar-refractivity contribution >= 4 is 11.9 Å². The Kier molecular flexibility index (Phi) is 5.01. The molecule has 19 heavy (non-hydrogen) atoms. The molecule has 1 aliphatic rings. The monoisotopic (exact) mass is 266 g/mol. The van der Waals surface area contributed by atoms with E-state index in [2.05, 4.69) is 0 Å². The lowest BCUT2D eigenvalue weighted by molar-refractivity contribution is -0.145. The molecule has 0 spiro atoms. The molecule has 0 unspecified atom stereocenters. The van der Waals surface area contributed by atoms with Crippen LogP contribution in [0.1, 0.15) is 37.2 Å². The van der Waals surface area contributed by atoms with Gasteiger partial charge < -0.3 is 13.9 Å². The van der Waals surface area contributed by atoms with Gasteiger partial charge in [-0.3, -0.25) is 9.59 Å². The normalized spacial score (nSPS) is 18.9. The maximum absolute atomic E-state index is 11.4. The van der Waals surface area contributed by atoms with Gasteiger partial charge in [-0.15, -0.1) is 0 Å². The van der Waals surface area contributed by atoms with Gasteiger partial charge in [0, 0.05) is 25.7 Å². The summed E-state index contributed by atoms with van der Waals surface area (Å²) in [4.78, 5) is 22.8. The van der Waals surface area contributed by atoms with Crippen molar-refractivity contribution in [1.29, 1.82) is 0 Å². The van der Waals surface area contributed by atoms with Gasteiger partial charge in [0.2, 0.25) is 0 Å². The van der Waals surface area contributed by atoms with E-state index in [1.807, 2.05) is 12.1 Å². The molecule has 0 saturated heterocycles. The van der Waals surface area contributed by atoms with Crippen molar-refractivity contribution in [2.75, 3.05) is 13.2 Å². The summed E-state index contributed by atoms with van der Waals surface area (Å²) in [7, 11) is 0.